The molecule has 0 spiro atoms. The second-order valence-corrected chi connectivity index (χ2v) is 14.7. The number of ether oxygens (including phenoxy) is 2. The number of nitrogens with zero attached hydrogens (tertiary/aromatic N) is 6. The maximum atomic E-state index is 17.4. The molecular weight excluding hydrogens is 727 g/mol. The zero-order valence-electron chi connectivity index (χ0n) is 27.5. The van der Waals surface area contributed by atoms with E-state index >= 15 is 17.6 Å². The highest BCUT2D eigenvalue weighted by Gasteiger charge is 2.49. The first-order valence-corrected chi connectivity index (χ1v) is 17.7. The van der Waals surface area contributed by atoms with Gasteiger partial charge in [-0.2, -0.15) is 15.2 Å². The van der Waals surface area contributed by atoms with Crippen LogP contribution in [-0.2, 0) is 0 Å². The topological polar surface area (TPSA) is 139 Å². The molecule has 0 bridgehead atoms. The first-order chi connectivity index (χ1) is 24.9. The summed E-state index contributed by atoms with van der Waals surface area (Å²) in [6.07, 6.45) is -0.899. The van der Waals surface area contributed by atoms with Crippen LogP contribution in [-0.4, -0.2) is 70.3 Å². The van der Waals surface area contributed by atoms with Gasteiger partial charge in [-0.1, -0.05) is 23.7 Å². The zero-order valence-corrected chi connectivity index (χ0v) is 29.0. The summed E-state index contributed by atoms with van der Waals surface area (Å²) in [5.41, 5.74) is 11.3. The van der Waals surface area contributed by atoms with E-state index in [1.165, 1.54) is 17.2 Å². The van der Waals surface area contributed by atoms with Crippen LogP contribution >= 0.6 is 22.9 Å². The van der Waals surface area contributed by atoms with Crippen molar-refractivity contribution in [1.82, 2.24) is 19.9 Å². The van der Waals surface area contributed by atoms with Crippen LogP contribution in [0, 0.1) is 23.0 Å². The molecule has 4 N–H and O–H groups in total. The van der Waals surface area contributed by atoms with Gasteiger partial charge in [0, 0.05) is 35.7 Å². The molecule has 6 heterocycles. The SMILES string of the molecule is CC(c1cccnc1N)N1c2nc(OC[C@@]34CCCN3C[C@H](F)C4)nc3c(F)c(-c4ccc(F)c5sc(N)c(C#N)c45)c(Cl)c(c23)OC[C@@H]1C(F)F. The smallest absolute Gasteiger partial charge is 0.319 e. The summed E-state index contributed by atoms with van der Waals surface area (Å²) in [7, 11) is 0. The molecule has 0 amide bonds. The molecule has 270 valence electrons. The molecule has 4 atom stereocenters. The van der Waals surface area contributed by atoms with Crippen molar-refractivity contribution in [3.8, 4) is 29.0 Å². The largest absolute Gasteiger partial charge is 0.489 e. The predicted octanol–water partition coefficient (Wildman–Crippen LogP) is 7.42. The van der Waals surface area contributed by atoms with Gasteiger partial charge in [-0.3, -0.25) is 4.90 Å². The lowest BCUT2D eigenvalue weighted by atomic mass is 9.95. The van der Waals surface area contributed by atoms with Crippen molar-refractivity contribution in [3.63, 3.8) is 0 Å². The van der Waals surface area contributed by atoms with Crippen LogP contribution in [0.15, 0.2) is 30.5 Å². The van der Waals surface area contributed by atoms with Crippen molar-refractivity contribution < 1.29 is 31.4 Å². The summed E-state index contributed by atoms with van der Waals surface area (Å²) in [5.74, 6) is -2.01. The number of aromatic nitrogens is 3. The Balaban J connectivity index is 1.40. The Bertz CT molecular complexity index is 2310. The third kappa shape index (κ3) is 5.23. The molecule has 10 nitrogen and oxygen atoms in total. The number of nitrogen functional groups attached to an aromatic ring is 2. The minimum absolute atomic E-state index is 0.00349. The van der Waals surface area contributed by atoms with Crippen molar-refractivity contribution in [2.45, 2.75) is 56.4 Å². The number of nitriles is 1. The number of benzene rings is 2. The summed E-state index contributed by atoms with van der Waals surface area (Å²) in [5, 5.41) is 9.52. The van der Waals surface area contributed by atoms with Gasteiger partial charge in [0.05, 0.1) is 32.3 Å². The lowest BCUT2D eigenvalue weighted by Crippen LogP contribution is -2.46. The molecule has 0 radical (unpaired) electrons. The van der Waals surface area contributed by atoms with E-state index in [0.717, 1.165) is 23.8 Å². The third-order valence-electron chi connectivity index (χ3n) is 10.4. The van der Waals surface area contributed by atoms with E-state index in [9.17, 15) is 9.65 Å². The average molecular weight is 757 g/mol. The van der Waals surface area contributed by atoms with E-state index in [1.807, 2.05) is 11.0 Å². The summed E-state index contributed by atoms with van der Waals surface area (Å²) in [6.45, 7) is 1.90. The van der Waals surface area contributed by atoms with Gasteiger partial charge in [0.25, 0.3) is 6.43 Å². The Morgan fingerprint density at radius 3 is 2.77 bits per heavy atom. The van der Waals surface area contributed by atoms with Gasteiger partial charge in [0.1, 0.15) is 59.5 Å². The molecule has 3 aromatic heterocycles. The van der Waals surface area contributed by atoms with Crippen LogP contribution in [0.1, 0.15) is 43.4 Å². The number of rotatable bonds is 7. The normalized spacial score (nSPS) is 22.1. The second kappa shape index (κ2) is 12.7. The van der Waals surface area contributed by atoms with Gasteiger partial charge in [0.15, 0.2) is 11.6 Å². The second-order valence-electron chi connectivity index (χ2n) is 13.3. The maximum absolute atomic E-state index is 17.4. The first-order valence-electron chi connectivity index (χ1n) is 16.5. The van der Waals surface area contributed by atoms with Gasteiger partial charge in [0.2, 0.25) is 0 Å². The van der Waals surface area contributed by atoms with Gasteiger partial charge in [-0.05, 0) is 44.0 Å². The molecule has 1 unspecified atom stereocenters. The fraction of sp³-hybridized carbons (Fsp3) is 0.371. The number of thiophene rings is 1. The maximum Gasteiger partial charge on any atom is 0.319 e. The fourth-order valence-electron chi connectivity index (χ4n) is 8.02. The highest BCUT2D eigenvalue weighted by Crippen LogP contribution is 2.52. The summed E-state index contributed by atoms with van der Waals surface area (Å²) >= 11 is 7.79. The Morgan fingerprint density at radius 2 is 2.02 bits per heavy atom. The molecule has 3 aliphatic heterocycles. The molecule has 17 heteroatoms. The molecule has 3 aliphatic rings. The predicted molar refractivity (Wildman–Crippen MR) is 188 cm³/mol. The number of nitrogens with two attached hydrogens (primary N) is 2. The lowest BCUT2D eigenvalue weighted by molar-refractivity contribution is 0.0830. The summed E-state index contributed by atoms with van der Waals surface area (Å²) in [4.78, 5) is 16.5. The molecule has 8 rings (SSSR count). The summed E-state index contributed by atoms with van der Waals surface area (Å²) < 4.78 is 89.5. The quantitative estimate of drug-likeness (QED) is 0.161. The number of anilines is 3. The van der Waals surface area contributed by atoms with E-state index in [1.54, 1.807) is 19.1 Å². The Kier molecular flexibility index (Phi) is 8.42. The molecule has 2 saturated heterocycles. The monoisotopic (exact) mass is 756 g/mol. The van der Waals surface area contributed by atoms with E-state index in [4.69, 9.17) is 32.5 Å². The van der Waals surface area contributed by atoms with E-state index < -0.39 is 54.0 Å². The fourth-order valence-corrected chi connectivity index (χ4v) is 9.30. The van der Waals surface area contributed by atoms with Crippen LogP contribution in [0.25, 0.3) is 32.1 Å². The van der Waals surface area contributed by atoms with Gasteiger partial charge >= 0.3 is 6.01 Å². The minimum Gasteiger partial charge on any atom is -0.489 e. The molecule has 52 heavy (non-hydrogen) atoms. The van der Waals surface area contributed by atoms with Crippen molar-refractivity contribution in [2.75, 3.05) is 42.7 Å². The molecule has 0 saturated carbocycles. The van der Waals surface area contributed by atoms with Gasteiger partial charge < -0.3 is 25.8 Å². The highest BCUT2D eigenvalue weighted by atomic mass is 35.5. The van der Waals surface area contributed by atoms with Gasteiger partial charge in [-0.15, -0.1) is 11.3 Å². The zero-order chi connectivity index (χ0) is 36.6. The Hall–Kier alpha value is -4.72. The van der Waals surface area contributed by atoms with Crippen molar-refractivity contribution >= 4 is 60.6 Å². The first kappa shape index (κ1) is 34.4. The molecule has 5 aromatic rings. The van der Waals surface area contributed by atoms with Crippen LogP contribution in [0.5, 0.6) is 11.8 Å². The Morgan fingerprint density at radius 1 is 1.21 bits per heavy atom. The number of alkyl halides is 3. The Labute approximate surface area is 302 Å². The summed E-state index contributed by atoms with van der Waals surface area (Å²) in [6, 6.07) is 4.62. The molecule has 2 aromatic carbocycles. The van der Waals surface area contributed by atoms with Crippen molar-refractivity contribution in [3.05, 3.63) is 58.2 Å². The number of pyridine rings is 1. The number of hydrogen-bond acceptors (Lipinski definition) is 11. The van der Waals surface area contributed by atoms with E-state index in [-0.39, 0.29) is 85.2 Å². The molecular formula is C35H30ClF5N8O2S. The number of halogens is 6. The van der Waals surface area contributed by atoms with E-state index in [0.29, 0.717) is 18.5 Å². The number of hydrogen-bond donors (Lipinski definition) is 2. The van der Waals surface area contributed by atoms with Crippen LogP contribution in [0.2, 0.25) is 5.02 Å². The van der Waals surface area contributed by atoms with Crippen molar-refractivity contribution in [2.24, 2.45) is 0 Å². The van der Waals surface area contributed by atoms with E-state index in [2.05, 4.69) is 15.0 Å². The third-order valence-corrected chi connectivity index (χ3v) is 11.8. The van der Waals surface area contributed by atoms with Crippen LogP contribution in [0.3, 0.4) is 0 Å². The molecule has 2 fully saturated rings. The van der Waals surface area contributed by atoms with Crippen molar-refractivity contribution in [1.29, 1.82) is 5.26 Å². The van der Waals surface area contributed by atoms with Gasteiger partial charge in [-0.25, -0.2) is 26.9 Å². The van der Waals surface area contributed by atoms with Crippen LogP contribution in [0.4, 0.5) is 38.6 Å². The minimum atomic E-state index is -3.01. The number of fused-ring (bicyclic) bond motifs is 2. The van der Waals surface area contributed by atoms with Crippen LogP contribution < -0.4 is 25.8 Å². The lowest BCUT2D eigenvalue weighted by Gasteiger charge is -2.36. The standard InChI is InChI=1S/C35H30ClF5N8O2S/c1-15(17-4-2-8-45-31(17)43)49-21(30(40)41)13-50-28-24-27(46-34(47-33(24)49)51-14-35-7-3-9-48(35)12-16(37)10-35)26(39)23(25(28)36)18-5-6-20(38)29-22(18)19(11-42)32(44)52-29/h2,4-6,8,15-16,21,30H,3,7,9-10,12-14,44H2,1H3,(H2,43,45)/t15?,16-,21-,35+/m1/s1. The molecule has 0 aliphatic carbocycles. The highest BCUT2D eigenvalue weighted by molar-refractivity contribution is 7.23. The average Bonchev–Trinajstić information content (AvgIpc) is 3.72.